The topological polar surface area (TPSA) is 44.8 Å². The lowest BCUT2D eigenvalue weighted by atomic mass is 9.85. The van der Waals surface area contributed by atoms with E-state index in [1.54, 1.807) is 0 Å². The Morgan fingerprint density at radius 1 is 1.37 bits per heavy atom. The molecule has 0 aromatic rings. The van der Waals surface area contributed by atoms with Gasteiger partial charge in [-0.2, -0.15) is 0 Å². The molecular formula is C15H28O4. The van der Waals surface area contributed by atoms with Crippen molar-refractivity contribution < 1.29 is 19.0 Å². The lowest BCUT2D eigenvalue weighted by Gasteiger charge is -2.38. The lowest BCUT2D eigenvalue weighted by molar-refractivity contribution is -0.231. The van der Waals surface area contributed by atoms with Gasteiger partial charge in [0, 0.05) is 6.42 Å². The summed E-state index contributed by atoms with van der Waals surface area (Å²) in [6.45, 7) is 8.56. The third kappa shape index (κ3) is 5.91. The van der Waals surface area contributed by atoms with Gasteiger partial charge in [-0.1, -0.05) is 20.8 Å². The second-order valence-corrected chi connectivity index (χ2v) is 6.41. The molecule has 1 heterocycles. The van der Waals surface area contributed by atoms with E-state index in [2.05, 4.69) is 25.5 Å². The normalized spacial score (nSPS) is 25.9. The molecule has 0 aromatic heterocycles. The molecule has 0 radical (unpaired) electrons. The van der Waals surface area contributed by atoms with E-state index < -0.39 is 0 Å². The number of ether oxygens (including phenoxy) is 3. The molecule has 3 atom stereocenters. The molecule has 0 bridgehead atoms. The summed E-state index contributed by atoms with van der Waals surface area (Å²) in [5.74, 6) is -0.187. The van der Waals surface area contributed by atoms with E-state index in [4.69, 9.17) is 9.47 Å². The van der Waals surface area contributed by atoms with E-state index in [1.807, 2.05) is 6.92 Å². The van der Waals surface area contributed by atoms with Gasteiger partial charge in [0.05, 0.1) is 19.3 Å². The number of esters is 1. The van der Waals surface area contributed by atoms with Crippen molar-refractivity contribution in [2.24, 2.45) is 5.41 Å². The fourth-order valence-corrected chi connectivity index (χ4v) is 2.28. The van der Waals surface area contributed by atoms with Crippen molar-refractivity contribution >= 4 is 5.97 Å². The van der Waals surface area contributed by atoms with Gasteiger partial charge < -0.3 is 14.2 Å². The molecule has 0 aromatic carbocycles. The summed E-state index contributed by atoms with van der Waals surface area (Å²) in [4.78, 5) is 11.1. The second kappa shape index (κ2) is 7.25. The van der Waals surface area contributed by atoms with E-state index in [0.717, 1.165) is 19.3 Å². The minimum Gasteiger partial charge on any atom is -0.469 e. The molecule has 0 N–H and O–H groups in total. The van der Waals surface area contributed by atoms with Crippen molar-refractivity contribution in [3.05, 3.63) is 0 Å². The van der Waals surface area contributed by atoms with Gasteiger partial charge in [-0.15, -0.1) is 0 Å². The smallest absolute Gasteiger partial charge is 0.305 e. The van der Waals surface area contributed by atoms with Crippen LogP contribution >= 0.6 is 0 Å². The number of hydrogen-bond acceptors (Lipinski definition) is 4. The highest BCUT2D eigenvalue weighted by Gasteiger charge is 2.32. The Hall–Kier alpha value is -0.610. The van der Waals surface area contributed by atoms with Crippen LogP contribution in [0.4, 0.5) is 0 Å². The highest BCUT2D eigenvalue weighted by atomic mass is 16.7. The maximum absolute atomic E-state index is 11.1. The summed E-state index contributed by atoms with van der Waals surface area (Å²) >= 11 is 0. The first-order chi connectivity index (χ1) is 8.82. The summed E-state index contributed by atoms with van der Waals surface area (Å²) in [7, 11) is 1.41. The van der Waals surface area contributed by atoms with Crippen LogP contribution in [0.15, 0.2) is 0 Å². The molecule has 1 fully saturated rings. The van der Waals surface area contributed by atoms with Crippen LogP contribution in [0.3, 0.4) is 0 Å². The predicted molar refractivity (Wildman–Crippen MR) is 73.8 cm³/mol. The van der Waals surface area contributed by atoms with Crippen LogP contribution in [0.5, 0.6) is 0 Å². The first kappa shape index (κ1) is 16.4. The summed E-state index contributed by atoms with van der Waals surface area (Å²) in [6, 6.07) is 0. The lowest BCUT2D eigenvalue weighted by Crippen LogP contribution is -2.39. The highest BCUT2D eigenvalue weighted by Crippen LogP contribution is 2.32. The predicted octanol–water partition coefficient (Wildman–Crippen LogP) is 3.29. The van der Waals surface area contributed by atoms with Crippen molar-refractivity contribution in [3.63, 3.8) is 0 Å². The SMILES string of the molecule is COC(=O)CC[C@@H](C)O[C@@H]1CCC[C@@H](C(C)(C)C)O1. The van der Waals surface area contributed by atoms with E-state index in [1.165, 1.54) is 7.11 Å². The minimum atomic E-state index is -0.187. The Morgan fingerprint density at radius 2 is 2.05 bits per heavy atom. The van der Waals surface area contributed by atoms with Crippen LogP contribution in [0.1, 0.15) is 59.8 Å². The molecular weight excluding hydrogens is 244 g/mol. The largest absolute Gasteiger partial charge is 0.469 e. The first-order valence-electron chi connectivity index (χ1n) is 7.20. The van der Waals surface area contributed by atoms with Gasteiger partial charge in [0.2, 0.25) is 0 Å². The van der Waals surface area contributed by atoms with Gasteiger partial charge in [0.15, 0.2) is 6.29 Å². The molecule has 1 aliphatic heterocycles. The Labute approximate surface area is 116 Å². The van der Waals surface area contributed by atoms with Crippen LogP contribution in [0.25, 0.3) is 0 Å². The maximum Gasteiger partial charge on any atom is 0.305 e. The van der Waals surface area contributed by atoms with Crippen LogP contribution in [-0.4, -0.2) is 31.6 Å². The molecule has 1 aliphatic rings. The molecule has 112 valence electrons. The third-order valence-corrected chi connectivity index (χ3v) is 3.55. The Morgan fingerprint density at radius 3 is 2.63 bits per heavy atom. The standard InChI is InChI=1S/C15H28O4/c1-11(9-10-13(16)17-5)18-14-8-6-7-12(19-14)15(2,3)4/h11-12,14H,6-10H2,1-5H3/t11-,12+,14+/m1/s1. The van der Waals surface area contributed by atoms with Crippen LogP contribution in [0.2, 0.25) is 0 Å². The van der Waals surface area contributed by atoms with Crippen LogP contribution in [-0.2, 0) is 19.0 Å². The monoisotopic (exact) mass is 272 g/mol. The molecule has 1 saturated heterocycles. The molecule has 1 rings (SSSR count). The summed E-state index contributed by atoms with van der Waals surface area (Å²) in [6.07, 6.45) is 4.37. The number of carbonyl (C=O) groups is 1. The third-order valence-electron chi connectivity index (χ3n) is 3.55. The van der Waals surface area contributed by atoms with Crippen molar-refractivity contribution in [1.82, 2.24) is 0 Å². The average Bonchev–Trinajstić information content (AvgIpc) is 2.35. The highest BCUT2D eigenvalue weighted by molar-refractivity contribution is 5.69. The van der Waals surface area contributed by atoms with E-state index in [9.17, 15) is 4.79 Å². The first-order valence-corrected chi connectivity index (χ1v) is 7.20. The van der Waals surface area contributed by atoms with Crippen molar-refractivity contribution in [2.45, 2.75) is 78.3 Å². The van der Waals surface area contributed by atoms with Gasteiger partial charge in [-0.3, -0.25) is 4.79 Å². The number of rotatable bonds is 5. The maximum atomic E-state index is 11.1. The number of carbonyl (C=O) groups excluding carboxylic acids is 1. The quantitative estimate of drug-likeness (QED) is 0.720. The van der Waals surface area contributed by atoms with E-state index in [0.29, 0.717) is 12.8 Å². The zero-order valence-corrected chi connectivity index (χ0v) is 12.9. The molecule has 0 saturated carbocycles. The van der Waals surface area contributed by atoms with Gasteiger partial charge in [0.1, 0.15) is 0 Å². The van der Waals surface area contributed by atoms with Gasteiger partial charge in [-0.25, -0.2) is 0 Å². The van der Waals surface area contributed by atoms with Gasteiger partial charge in [-0.05, 0) is 38.0 Å². The fourth-order valence-electron chi connectivity index (χ4n) is 2.28. The number of hydrogen-bond donors (Lipinski definition) is 0. The summed E-state index contributed by atoms with van der Waals surface area (Å²) < 4.78 is 16.5. The molecule has 0 amide bonds. The zero-order chi connectivity index (χ0) is 14.5. The molecule has 0 unspecified atom stereocenters. The molecule has 4 nitrogen and oxygen atoms in total. The summed E-state index contributed by atoms with van der Waals surface area (Å²) in [5, 5.41) is 0. The van der Waals surface area contributed by atoms with E-state index >= 15 is 0 Å². The Balaban J connectivity index is 2.33. The molecule has 0 aliphatic carbocycles. The Kier molecular flexibility index (Phi) is 6.27. The van der Waals surface area contributed by atoms with Crippen LogP contribution < -0.4 is 0 Å². The second-order valence-electron chi connectivity index (χ2n) is 6.41. The van der Waals surface area contributed by atoms with E-state index in [-0.39, 0.29) is 29.9 Å². The molecule has 19 heavy (non-hydrogen) atoms. The van der Waals surface area contributed by atoms with Crippen LogP contribution in [0, 0.1) is 5.41 Å². The van der Waals surface area contributed by atoms with Gasteiger partial charge >= 0.3 is 5.97 Å². The minimum absolute atomic E-state index is 0.0165. The Bertz CT molecular complexity index is 282. The fraction of sp³-hybridized carbons (Fsp3) is 0.933. The zero-order valence-electron chi connectivity index (χ0n) is 12.9. The summed E-state index contributed by atoms with van der Waals surface area (Å²) in [5.41, 5.74) is 0.150. The van der Waals surface area contributed by atoms with Gasteiger partial charge in [0.25, 0.3) is 0 Å². The van der Waals surface area contributed by atoms with Crippen molar-refractivity contribution in [3.8, 4) is 0 Å². The molecule has 0 spiro atoms. The van der Waals surface area contributed by atoms with Crippen molar-refractivity contribution in [2.75, 3.05) is 7.11 Å². The number of methoxy groups -OCH3 is 1. The molecule has 4 heteroatoms. The van der Waals surface area contributed by atoms with Crippen molar-refractivity contribution in [1.29, 1.82) is 0 Å². The average molecular weight is 272 g/mol.